The number of methoxy groups -OCH3 is 1. The summed E-state index contributed by atoms with van der Waals surface area (Å²) < 4.78 is 11.3. The van der Waals surface area contributed by atoms with Crippen LogP contribution in [0.2, 0.25) is 0 Å². The molecule has 136 valence electrons. The molecule has 1 heterocycles. The SMILES string of the molecule is COC(CN)CC(=O)N1CCC(Oc2cc(C)ccc2C)CC1.Cl. The normalized spacial score (nSPS) is 16.4. The molecule has 6 heteroatoms. The summed E-state index contributed by atoms with van der Waals surface area (Å²) in [7, 11) is 1.59. The maximum atomic E-state index is 12.2. The Morgan fingerprint density at radius 1 is 1.33 bits per heavy atom. The van der Waals surface area contributed by atoms with Gasteiger partial charge in [-0.25, -0.2) is 0 Å². The van der Waals surface area contributed by atoms with Crippen LogP contribution in [-0.2, 0) is 9.53 Å². The Hall–Kier alpha value is -1.30. The fourth-order valence-corrected chi connectivity index (χ4v) is 2.82. The first-order chi connectivity index (χ1) is 11.0. The summed E-state index contributed by atoms with van der Waals surface area (Å²) >= 11 is 0. The van der Waals surface area contributed by atoms with Gasteiger partial charge in [0, 0.05) is 39.6 Å². The number of rotatable bonds is 6. The number of aryl methyl sites for hydroxylation is 2. The fourth-order valence-electron chi connectivity index (χ4n) is 2.82. The van der Waals surface area contributed by atoms with Gasteiger partial charge in [-0.15, -0.1) is 12.4 Å². The lowest BCUT2D eigenvalue weighted by molar-refractivity contribution is -0.135. The molecule has 1 aromatic carbocycles. The Bertz CT molecular complexity index is 527. The molecule has 1 aliphatic rings. The number of piperidine rings is 1. The van der Waals surface area contributed by atoms with Crippen molar-refractivity contribution in [1.82, 2.24) is 4.90 Å². The molecule has 1 unspecified atom stereocenters. The minimum Gasteiger partial charge on any atom is -0.490 e. The van der Waals surface area contributed by atoms with E-state index in [1.807, 2.05) is 4.90 Å². The highest BCUT2D eigenvalue weighted by Crippen LogP contribution is 2.24. The predicted molar refractivity (Wildman–Crippen MR) is 97.9 cm³/mol. The Labute approximate surface area is 150 Å². The number of benzene rings is 1. The van der Waals surface area contributed by atoms with Crippen molar-refractivity contribution in [3.8, 4) is 5.75 Å². The molecule has 0 bridgehead atoms. The zero-order valence-electron chi connectivity index (χ0n) is 14.8. The van der Waals surface area contributed by atoms with Gasteiger partial charge in [0.1, 0.15) is 11.9 Å². The topological polar surface area (TPSA) is 64.8 Å². The average molecular weight is 357 g/mol. The summed E-state index contributed by atoms with van der Waals surface area (Å²) in [6.07, 6.45) is 2.06. The standard InChI is InChI=1S/C18H28N2O3.ClH/c1-13-4-5-14(2)17(10-13)23-15-6-8-20(9-7-15)18(21)11-16(12-19)22-3;/h4-5,10,15-16H,6-9,11-12,19H2,1-3H3;1H. The van der Waals surface area contributed by atoms with Crippen molar-refractivity contribution < 1.29 is 14.3 Å². The van der Waals surface area contributed by atoms with E-state index in [4.69, 9.17) is 15.2 Å². The molecular weight excluding hydrogens is 328 g/mol. The average Bonchev–Trinajstić information content (AvgIpc) is 2.56. The van der Waals surface area contributed by atoms with Crippen LogP contribution in [0, 0.1) is 13.8 Å². The molecule has 1 aliphatic heterocycles. The van der Waals surface area contributed by atoms with E-state index in [9.17, 15) is 4.79 Å². The van der Waals surface area contributed by atoms with E-state index in [1.54, 1.807) is 7.11 Å². The second-order valence-corrected chi connectivity index (χ2v) is 6.26. The number of nitrogens with zero attached hydrogens (tertiary/aromatic N) is 1. The molecule has 24 heavy (non-hydrogen) atoms. The van der Waals surface area contributed by atoms with Gasteiger partial charge in [0.2, 0.25) is 5.91 Å². The Balaban J connectivity index is 0.00000288. The number of hydrogen-bond donors (Lipinski definition) is 1. The molecule has 1 amide bonds. The molecule has 5 nitrogen and oxygen atoms in total. The molecular formula is C18H29ClN2O3. The largest absolute Gasteiger partial charge is 0.490 e. The third kappa shape index (κ3) is 5.65. The van der Waals surface area contributed by atoms with Crippen LogP contribution >= 0.6 is 12.4 Å². The number of nitrogens with two attached hydrogens (primary N) is 1. The van der Waals surface area contributed by atoms with E-state index < -0.39 is 0 Å². The second kappa shape index (κ2) is 9.87. The van der Waals surface area contributed by atoms with E-state index in [-0.39, 0.29) is 30.5 Å². The van der Waals surface area contributed by atoms with E-state index in [1.165, 1.54) is 5.56 Å². The lowest BCUT2D eigenvalue weighted by Crippen LogP contribution is -2.43. The first-order valence-corrected chi connectivity index (χ1v) is 8.28. The van der Waals surface area contributed by atoms with Crippen LogP contribution in [0.5, 0.6) is 5.75 Å². The Morgan fingerprint density at radius 3 is 2.58 bits per heavy atom. The smallest absolute Gasteiger partial charge is 0.225 e. The van der Waals surface area contributed by atoms with Crippen LogP contribution in [0.3, 0.4) is 0 Å². The molecule has 0 radical (unpaired) electrons. The summed E-state index contributed by atoms with van der Waals surface area (Å²) in [5.74, 6) is 1.07. The van der Waals surface area contributed by atoms with E-state index in [0.29, 0.717) is 13.0 Å². The highest BCUT2D eigenvalue weighted by molar-refractivity contribution is 5.85. The van der Waals surface area contributed by atoms with E-state index >= 15 is 0 Å². The molecule has 0 aromatic heterocycles. The Kier molecular flexibility index (Phi) is 8.53. The molecule has 2 rings (SSSR count). The van der Waals surface area contributed by atoms with Gasteiger partial charge < -0.3 is 20.1 Å². The number of carbonyl (C=O) groups excluding carboxylic acids is 1. The third-order valence-electron chi connectivity index (χ3n) is 4.43. The van der Waals surface area contributed by atoms with Crippen molar-refractivity contribution in [3.63, 3.8) is 0 Å². The maximum Gasteiger partial charge on any atom is 0.225 e. The lowest BCUT2D eigenvalue weighted by Gasteiger charge is -2.33. The van der Waals surface area contributed by atoms with Gasteiger partial charge in [-0.3, -0.25) is 4.79 Å². The van der Waals surface area contributed by atoms with Gasteiger partial charge in [0.25, 0.3) is 0 Å². The first kappa shape index (κ1) is 20.7. The minimum absolute atomic E-state index is 0. The van der Waals surface area contributed by atoms with Gasteiger partial charge in [-0.05, 0) is 31.0 Å². The van der Waals surface area contributed by atoms with Crippen molar-refractivity contribution in [3.05, 3.63) is 29.3 Å². The van der Waals surface area contributed by atoms with Gasteiger partial charge >= 0.3 is 0 Å². The van der Waals surface area contributed by atoms with Crippen LogP contribution in [0.25, 0.3) is 0 Å². The summed E-state index contributed by atoms with van der Waals surface area (Å²) in [5.41, 5.74) is 7.93. The fraction of sp³-hybridized carbons (Fsp3) is 0.611. The van der Waals surface area contributed by atoms with Gasteiger partial charge in [0.15, 0.2) is 0 Å². The lowest BCUT2D eigenvalue weighted by atomic mass is 10.1. The molecule has 0 aliphatic carbocycles. The molecule has 0 saturated carbocycles. The predicted octanol–water partition coefficient (Wildman–Crippen LogP) is 2.46. The zero-order chi connectivity index (χ0) is 16.8. The number of ether oxygens (including phenoxy) is 2. The highest BCUT2D eigenvalue weighted by atomic mass is 35.5. The third-order valence-corrected chi connectivity index (χ3v) is 4.43. The summed E-state index contributed by atoms with van der Waals surface area (Å²) in [6.45, 7) is 5.96. The van der Waals surface area contributed by atoms with Crippen LogP contribution in [-0.4, -0.2) is 49.8 Å². The molecule has 0 spiro atoms. The van der Waals surface area contributed by atoms with Crippen molar-refractivity contribution in [2.24, 2.45) is 5.73 Å². The van der Waals surface area contributed by atoms with Crippen LogP contribution in [0.4, 0.5) is 0 Å². The van der Waals surface area contributed by atoms with Crippen molar-refractivity contribution in [1.29, 1.82) is 0 Å². The Morgan fingerprint density at radius 2 is 2.00 bits per heavy atom. The minimum atomic E-state index is -0.189. The molecule has 1 fully saturated rings. The summed E-state index contributed by atoms with van der Waals surface area (Å²) in [5, 5.41) is 0. The van der Waals surface area contributed by atoms with Gasteiger partial charge in [0.05, 0.1) is 12.5 Å². The second-order valence-electron chi connectivity index (χ2n) is 6.26. The van der Waals surface area contributed by atoms with Crippen molar-refractivity contribution in [2.45, 2.75) is 45.3 Å². The van der Waals surface area contributed by atoms with E-state index in [0.717, 1.165) is 37.2 Å². The summed E-state index contributed by atoms with van der Waals surface area (Å²) in [4.78, 5) is 14.1. The van der Waals surface area contributed by atoms with E-state index in [2.05, 4.69) is 32.0 Å². The van der Waals surface area contributed by atoms with Crippen molar-refractivity contribution >= 4 is 18.3 Å². The first-order valence-electron chi connectivity index (χ1n) is 8.28. The van der Waals surface area contributed by atoms with Crippen molar-refractivity contribution in [2.75, 3.05) is 26.7 Å². The van der Waals surface area contributed by atoms with Gasteiger partial charge in [-0.2, -0.15) is 0 Å². The number of halogens is 1. The number of likely N-dealkylation sites (tertiary alicyclic amines) is 1. The molecule has 2 N–H and O–H groups in total. The van der Waals surface area contributed by atoms with Crippen LogP contribution < -0.4 is 10.5 Å². The quantitative estimate of drug-likeness (QED) is 0.850. The number of carbonyl (C=O) groups is 1. The van der Waals surface area contributed by atoms with Crippen LogP contribution in [0.1, 0.15) is 30.4 Å². The highest BCUT2D eigenvalue weighted by Gasteiger charge is 2.25. The summed E-state index contributed by atoms with van der Waals surface area (Å²) in [6, 6.07) is 6.26. The zero-order valence-corrected chi connectivity index (χ0v) is 15.6. The van der Waals surface area contributed by atoms with Crippen LogP contribution in [0.15, 0.2) is 18.2 Å². The molecule has 1 saturated heterocycles. The number of amides is 1. The monoisotopic (exact) mass is 356 g/mol. The number of hydrogen-bond acceptors (Lipinski definition) is 4. The molecule has 1 aromatic rings. The molecule has 1 atom stereocenters. The maximum absolute atomic E-state index is 12.2. The van der Waals surface area contributed by atoms with Gasteiger partial charge in [-0.1, -0.05) is 12.1 Å².